The Morgan fingerprint density at radius 1 is 1.47 bits per heavy atom. The molecule has 0 spiro atoms. The van der Waals surface area contributed by atoms with E-state index < -0.39 is 18.0 Å². The number of hydrogen-bond donors (Lipinski definition) is 3. The number of phenols is 1. The minimum atomic E-state index is -1.43. The molecule has 0 aliphatic heterocycles. The molecule has 0 radical (unpaired) electrons. The first-order valence-electron chi connectivity index (χ1n) is 4.89. The average Bonchev–Trinajstić information content (AvgIpc) is 2.28. The molecule has 1 aromatic rings. The van der Waals surface area contributed by atoms with E-state index in [1.54, 1.807) is 0 Å². The van der Waals surface area contributed by atoms with Crippen molar-refractivity contribution in [1.29, 1.82) is 0 Å². The summed E-state index contributed by atoms with van der Waals surface area (Å²) in [5, 5.41) is 28.5. The maximum Gasteiger partial charge on any atom is 0.185 e. The van der Waals surface area contributed by atoms with Gasteiger partial charge in [-0.2, -0.15) is 0 Å². The van der Waals surface area contributed by atoms with Gasteiger partial charge in [0.2, 0.25) is 0 Å². The van der Waals surface area contributed by atoms with Gasteiger partial charge < -0.3 is 15.3 Å². The van der Waals surface area contributed by atoms with Crippen molar-refractivity contribution in [3.8, 4) is 5.75 Å². The van der Waals surface area contributed by atoms with Crippen LogP contribution in [0.3, 0.4) is 0 Å². The zero-order chi connectivity index (χ0) is 13.0. The Labute approximate surface area is 102 Å². The third-order valence-electron chi connectivity index (χ3n) is 2.13. The Bertz CT molecular complexity index is 410. The van der Waals surface area contributed by atoms with E-state index >= 15 is 0 Å². The fraction of sp³-hybridized carbons (Fsp3) is 0.364. The minimum Gasteiger partial charge on any atom is -0.508 e. The largest absolute Gasteiger partial charge is 0.508 e. The molecule has 0 amide bonds. The van der Waals surface area contributed by atoms with Crippen LogP contribution >= 0.6 is 11.8 Å². The maximum atomic E-state index is 12.9. The fourth-order valence-electron chi connectivity index (χ4n) is 1.26. The smallest absolute Gasteiger partial charge is 0.185 e. The summed E-state index contributed by atoms with van der Waals surface area (Å²) in [4.78, 5) is 10.7. The molecule has 2 atom stereocenters. The highest BCUT2D eigenvalue weighted by atomic mass is 32.2. The maximum absolute atomic E-state index is 12.9. The van der Waals surface area contributed by atoms with Crippen LogP contribution in [0.4, 0.5) is 4.39 Å². The molecule has 0 fully saturated rings. The van der Waals surface area contributed by atoms with Gasteiger partial charge in [-0.3, -0.25) is 4.79 Å². The molecule has 0 saturated heterocycles. The first-order valence-corrected chi connectivity index (χ1v) is 5.88. The van der Waals surface area contributed by atoms with E-state index in [4.69, 9.17) is 0 Å². The number of aromatic hydroxyl groups is 1. The summed E-state index contributed by atoms with van der Waals surface area (Å²) in [5.41, 5.74) is -0.0957. The number of halogens is 1. The minimum absolute atomic E-state index is 0.0214. The molecule has 1 rings (SSSR count). The van der Waals surface area contributed by atoms with Crippen molar-refractivity contribution >= 4 is 16.9 Å². The van der Waals surface area contributed by atoms with Crippen LogP contribution in [-0.2, 0) is 4.79 Å². The second-order valence-corrected chi connectivity index (χ2v) is 4.71. The molecule has 1 aromatic carbocycles. The van der Waals surface area contributed by atoms with Crippen molar-refractivity contribution in [1.82, 2.24) is 0 Å². The van der Waals surface area contributed by atoms with Gasteiger partial charge in [-0.25, -0.2) is 4.39 Å². The normalized spacial score (nSPS) is 14.4. The predicted octanol–water partition coefficient (Wildman–Crippen LogP) is 1.21. The number of thioether (sulfide) groups is 1. The molecule has 4 nitrogen and oxygen atoms in total. The van der Waals surface area contributed by atoms with Gasteiger partial charge in [-0.05, 0) is 18.2 Å². The Kier molecular flexibility index (Phi) is 4.92. The molecule has 0 heterocycles. The summed E-state index contributed by atoms with van der Waals surface area (Å²) < 4.78 is 12.9. The lowest BCUT2D eigenvalue weighted by Crippen LogP contribution is -2.21. The molecule has 0 aromatic heterocycles. The lowest BCUT2D eigenvalue weighted by Gasteiger charge is -2.18. The third kappa shape index (κ3) is 3.99. The van der Waals surface area contributed by atoms with Crippen molar-refractivity contribution < 1.29 is 24.5 Å². The van der Waals surface area contributed by atoms with Gasteiger partial charge in [-0.1, -0.05) is 11.8 Å². The Morgan fingerprint density at radius 2 is 2.12 bits per heavy atom. The quantitative estimate of drug-likeness (QED) is 0.758. The zero-order valence-corrected chi connectivity index (χ0v) is 9.95. The van der Waals surface area contributed by atoms with Gasteiger partial charge in [0.05, 0.1) is 6.10 Å². The van der Waals surface area contributed by atoms with E-state index in [2.05, 4.69) is 0 Å². The summed E-state index contributed by atoms with van der Waals surface area (Å²) in [6.45, 7) is 1.34. The number of phenolic OH excluding ortho intramolecular Hbond substituents is 1. The van der Waals surface area contributed by atoms with Gasteiger partial charge >= 0.3 is 0 Å². The Balaban J connectivity index is 2.77. The van der Waals surface area contributed by atoms with Crippen LogP contribution in [0.1, 0.15) is 18.6 Å². The van der Waals surface area contributed by atoms with E-state index in [-0.39, 0.29) is 22.2 Å². The van der Waals surface area contributed by atoms with Crippen molar-refractivity contribution in [2.24, 2.45) is 0 Å². The SMILES string of the molecule is CC(=O)SCC(O)C(O)c1cc(F)ccc1O. The molecule has 0 aliphatic rings. The first-order chi connectivity index (χ1) is 7.91. The van der Waals surface area contributed by atoms with E-state index in [9.17, 15) is 24.5 Å². The highest BCUT2D eigenvalue weighted by Gasteiger charge is 2.22. The van der Waals surface area contributed by atoms with Crippen LogP contribution in [0.2, 0.25) is 0 Å². The van der Waals surface area contributed by atoms with Gasteiger partial charge in [0.15, 0.2) is 5.12 Å². The molecule has 0 saturated carbocycles. The third-order valence-corrected chi connectivity index (χ3v) is 3.04. The molecule has 2 unspecified atom stereocenters. The van der Waals surface area contributed by atoms with E-state index in [0.29, 0.717) is 0 Å². The first kappa shape index (κ1) is 14.0. The van der Waals surface area contributed by atoms with Gasteiger partial charge in [0.1, 0.15) is 17.7 Å². The molecular formula is C11H13FO4S. The number of carbonyl (C=O) groups excluding carboxylic acids is 1. The van der Waals surface area contributed by atoms with Crippen LogP contribution in [-0.4, -0.2) is 32.3 Å². The summed E-state index contributed by atoms with van der Waals surface area (Å²) >= 11 is 0.848. The van der Waals surface area contributed by atoms with E-state index in [1.165, 1.54) is 6.92 Å². The van der Waals surface area contributed by atoms with Gasteiger partial charge in [0.25, 0.3) is 0 Å². The Hall–Kier alpha value is -1.11. The molecule has 3 N–H and O–H groups in total. The monoisotopic (exact) mass is 260 g/mol. The van der Waals surface area contributed by atoms with Crippen LogP contribution in [0.15, 0.2) is 18.2 Å². The Morgan fingerprint density at radius 3 is 2.71 bits per heavy atom. The van der Waals surface area contributed by atoms with E-state index in [1.807, 2.05) is 0 Å². The molecule has 17 heavy (non-hydrogen) atoms. The van der Waals surface area contributed by atoms with E-state index in [0.717, 1.165) is 30.0 Å². The molecule has 0 aliphatic carbocycles. The average molecular weight is 260 g/mol. The molecular weight excluding hydrogens is 247 g/mol. The van der Waals surface area contributed by atoms with Crippen LogP contribution in [0.25, 0.3) is 0 Å². The molecule has 6 heteroatoms. The van der Waals surface area contributed by atoms with Crippen LogP contribution < -0.4 is 0 Å². The number of aliphatic hydroxyl groups is 2. The highest BCUT2D eigenvalue weighted by Crippen LogP contribution is 2.28. The second-order valence-electron chi connectivity index (χ2n) is 3.52. The second kappa shape index (κ2) is 6.00. The summed E-state index contributed by atoms with van der Waals surface area (Å²) in [7, 11) is 0. The van der Waals surface area contributed by atoms with Crippen molar-refractivity contribution in [2.45, 2.75) is 19.1 Å². The summed E-state index contributed by atoms with van der Waals surface area (Å²) in [5.74, 6) is -0.944. The summed E-state index contributed by atoms with van der Waals surface area (Å²) in [6, 6.07) is 3.09. The fourth-order valence-corrected chi connectivity index (χ4v) is 1.85. The van der Waals surface area contributed by atoms with Crippen LogP contribution in [0.5, 0.6) is 5.75 Å². The lowest BCUT2D eigenvalue weighted by molar-refractivity contribution is -0.109. The highest BCUT2D eigenvalue weighted by molar-refractivity contribution is 8.13. The lowest BCUT2D eigenvalue weighted by atomic mass is 10.0. The van der Waals surface area contributed by atoms with Crippen LogP contribution in [0, 0.1) is 5.82 Å². The summed E-state index contributed by atoms with van der Waals surface area (Å²) in [6.07, 6.45) is -2.69. The standard InChI is InChI=1S/C11H13FO4S/c1-6(13)17-5-10(15)11(16)8-4-7(12)2-3-9(8)14/h2-4,10-11,14-16H,5H2,1H3. The number of carbonyl (C=O) groups is 1. The van der Waals surface area contributed by atoms with Crippen molar-refractivity contribution in [3.63, 3.8) is 0 Å². The molecule has 94 valence electrons. The van der Waals surface area contributed by atoms with Gasteiger partial charge in [0, 0.05) is 18.2 Å². The number of aliphatic hydroxyl groups excluding tert-OH is 2. The molecule has 0 bridgehead atoms. The number of hydrogen-bond acceptors (Lipinski definition) is 5. The van der Waals surface area contributed by atoms with Crippen molar-refractivity contribution in [2.75, 3.05) is 5.75 Å². The number of rotatable bonds is 4. The number of benzene rings is 1. The predicted molar refractivity (Wildman–Crippen MR) is 62.2 cm³/mol. The van der Waals surface area contributed by atoms with Crippen molar-refractivity contribution in [3.05, 3.63) is 29.6 Å². The van der Waals surface area contributed by atoms with Gasteiger partial charge in [-0.15, -0.1) is 0 Å². The topological polar surface area (TPSA) is 77.8 Å². The zero-order valence-electron chi connectivity index (χ0n) is 9.13.